The zero-order valence-electron chi connectivity index (χ0n) is 8.77. The third-order valence-electron chi connectivity index (χ3n) is 1.57. The third-order valence-corrected chi connectivity index (χ3v) is 1.57. The summed E-state index contributed by atoms with van der Waals surface area (Å²) >= 11 is 0. The van der Waals surface area contributed by atoms with Crippen LogP contribution in [0.15, 0.2) is 6.20 Å². The molecule has 0 saturated carbocycles. The fourth-order valence-electron chi connectivity index (χ4n) is 0.897. The van der Waals surface area contributed by atoms with Crippen LogP contribution < -0.4 is 0 Å². The highest BCUT2D eigenvalue weighted by atomic mass is 16.4. The molecular formula is C8H9NO4. The Hall–Kier alpha value is -1.62. The summed E-state index contributed by atoms with van der Waals surface area (Å²) in [4.78, 5) is 14.4. The van der Waals surface area contributed by atoms with E-state index in [4.69, 9.17) is 13.0 Å². The van der Waals surface area contributed by atoms with E-state index < -0.39 is 29.4 Å². The first-order valence-electron chi connectivity index (χ1n) is 4.40. The van der Waals surface area contributed by atoms with E-state index in [2.05, 4.69) is 4.98 Å². The van der Waals surface area contributed by atoms with Gasteiger partial charge in [0.25, 0.3) is 0 Å². The lowest BCUT2D eigenvalue weighted by Gasteiger charge is -2.06. The Morgan fingerprint density at radius 2 is 2.38 bits per heavy atom. The van der Waals surface area contributed by atoms with Gasteiger partial charge in [-0.1, -0.05) is 0 Å². The van der Waals surface area contributed by atoms with E-state index in [1.807, 2.05) is 0 Å². The Morgan fingerprint density at radius 3 is 2.85 bits per heavy atom. The highest BCUT2D eigenvalue weighted by molar-refractivity contribution is 5.92. The quantitative estimate of drug-likeness (QED) is 0.615. The number of carboxylic acids is 1. The Labute approximate surface area is 77.1 Å². The smallest absolute Gasteiger partial charge is 0.339 e. The van der Waals surface area contributed by atoms with Crippen LogP contribution in [0.3, 0.4) is 0 Å². The van der Waals surface area contributed by atoms with E-state index in [1.165, 1.54) is 6.92 Å². The predicted octanol–water partition coefficient (Wildman–Crippen LogP) is 0.286. The molecule has 0 bridgehead atoms. The summed E-state index contributed by atoms with van der Waals surface area (Å²) in [5, 5.41) is 27.2. The summed E-state index contributed by atoms with van der Waals surface area (Å²) < 4.78 is 14.0. The maximum atomic E-state index is 10.8. The number of nitrogens with zero attached hydrogens (tertiary/aromatic N) is 1. The molecule has 1 aromatic rings. The van der Waals surface area contributed by atoms with Gasteiger partial charge in [0.15, 0.2) is 5.75 Å². The molecule has 1 aromatic heterocycles. The molecule has 5 nitrogen and oxygen atoms in total. The highest BCUT2D eigenvalue weighted by Gasteiger charge is 2.17. The number of aromatic carboxylic acids is 1. The number of carboxylic acid groups (broad SMARTS) is 1. The van der Waals surface area contributed by atoms with Crippen LogP contribution in [0, 0.1) is 6.92 Å². The van der Waals surface area contributed by atoms with Gasteiger partial charge < -0.3 is 15.3 Å². The number of carbonyl (C=O) groups is 1. The Bertz CT molecular complexity index is 414. The molecule has 70 valence electrons. The lowest BCUT2D eigenvalue weighted by atomic mass is 10.1. The molecule has 0 spiro atoms. The second kappa shape index (κ2) is 3.40. The number of aromatic nitrogens is 1. The van der Waals surface area contributed by atoms with Crippen molar-refractivity contribution >= 4 is 5.97 Å². The van der Waals surface area contributed by atoms with Crippen molar-refractivity contribution in [3.05, 3.63) is 23.0 Å². The molecule has 3 N–H and O–H groups in total. The lowest BCUT2D eigenvalue weighted by Crippen LogP contribution is -2.05. The van der Waals surface area contributed by atoms with Crippen molar-refractivity contribution in [3.63, 3.8) is 0 Å². The van der Waals surface area contributed by atoms with Crippen molar-refractivity contribution in [2.45, 2.75) is 13.5 Å². The number of pyridine rings is 1. The number of hydrogen-bond donors (Lipinski definition) is 3. The van der Waals surface area contributed by atoms with E-state index >= 15 is 0 Å². The Kier molecular flexibility index (Phi) is 1.79. The molecule has 1 rings (SSSR count). The monoisotopic (exact) mass is 185 g/mol. The van der Waals surface area contributed by atoms with E-state index in [1.54, 1.807) is 0 Å². The van der Waals surface area contributed by atoms with Crippen LogP contribution in [0.4, 0.5) is 0 Å². The minimum atomic E-state index is -2.86. The van der Waals surface area contributed by atoms with Crippen LogP contribution >= 0.6 is 0 Å². The van der Waals surface area contributed by atoms with Crippen LogP contribution in [0.1, 0.15) is 24.4 Å². The third kappa shape index (κ3) is 1.59. The number of aryl methyl sites for hydroxylation is 1. The van der Waals surface area contributed by atoms with Crippen molar-refractivity contribution in [3.8, 4) is 5.75 Å². The minimum Gasteiger partial charge on any atom is -0.505 e. The fraction of sp³-hybridized carbons (Fsp3) is 0.250. The molecular weight excluding hydrogens is 174 g/mol. The number of aliphatic hydroxyl groups is 1. The highest BCUT2D eigenvalue weighted by Crippen LogP contribution is 2.23. The zero-order chi connectivity index (χ0) is 11.8. The normalized spacial score (nSPS) is 13.4. The topological polar surface area (TPSA) is 90.7 Å². The molecule has 0 aliphatic heterocycles. The molecule has 0 aliphatic carbocycles. The molecule has 0 aliphatic rings. The summed E-state index contributed by atoms with van der Waals surface area (Å²) in [5.41, 5.74) is -1.19. The van der Waals surface area contributed by atoms with Gasteiger partial charge in [0.1, 0.15) is 5.56 Å². The van der Waals surface area contributed by atoms with Crippen molar-refractivity contribution in [1.29, 1.82) is 0 Å². The van der Waals surface area contributed by atoms with Crippen LogP contribution in [0.25, 0.3) is 0 Å². The van der Waals surface area contributed by atoms with E-state index in [0.29, 0.717) is 0 Å². The summed E-state index contributed by atoms with van der Waals surface area (Å²) in [7, 11) is 0. The van der Waals surface area contributed by atoms with Gasteiger partial charge in [-0.2, -0.15) is 0 Å². The molecule has 0 unspecified atom stereocenters. The molecule has 5 heteroatoms. The molecule has 0 saturated heterocycles. The summed E-state index contributed by atoms with van der Waals surface area (Å²) in [6, 6.07) is 0. The van der Waals surface area contributed by atoms with Crippen molar-refractivity contribution in [2.24, 2.45) is 0 Å². The van der Waals surface area contributed by atoms with E-state index in [-0.39, 0.29) is 5.69 Å². The van der Waals surface area contributed by atoms with Gasteiger partial charge in [-0.25, -0.2) is 4.79 Å². The van der Waals surface area contributed by atoms with Crippen LogP contribution in [-0.2, 0) is 6.56 Å². The summed E-state index contributed by atoms with van der Waals surface area (Å²) in [6.45, 7) is -1.48. The number of hydrogen-bond acceptors (Lipinski definition) is 4. The van der Waals surface area contributed by atoms with Crippen LogP contribution in [-0.4, -0.2) is 26.3 Å². The van der Waals surface area contributed by atoms with E-state index in [9.17, 15) is 9.90 Å². The predicted molar refractivity (Wildman–Crippen MR) is 43.5 cm³/mol. The zero-order valence-corrected chi connectivity index (χ0v) is 6.77. The molecule has 0 atom stereocenters. The lowest BCUT2D eigenvalue weighted by molar-refractivity contribution is 0.0689. The minimum absolute atomic E-state index is 0.0559. The average molecular weight is 185 g/mol. The standard InChI is InChI=1S/C8H9NO4/c1-4-7(11)6(8(12)13)5(3-10)2-9-4/h2,10-11H,3H2,1H3,(H,12,13)/i3D2. The first kappa shape index (κ1) is 6.85. The van der Waals surface area contributed by atoms with Gasteiger partial charge in [0.2, 0.25) is 0 Å². The van der Waals surface area contributed by atoms with Gasteiger partial charge in [-0.05, 0) is 6.92 Å². The van der Waals surface area contributed by atoms with Crippen LogP contribution in [0.2, 0.25) is 0 Å². The molecule has 0 radical (unpaired) electrons. The van der Waals surface area contributed by atoms with Crippen molar-refractivity contribution < 1.29 is 22.9 Å². The molecule has 1 heterocycles. The number of aromatic hydroxyl groups is 1. The molecule has 0 amide bonds. The molecule has 13 heavy (non-hydrogen) atoms. The summed E-state index contributed by atoms with van der Waals surface area (Å²) in [5.74, 6) is -2.16. The first-order valence-corrected chi connectivity index (χ1v) is 3.40. The van der Waals surface area contributed by atoms with Gasteiger partial charge in [0, 0.05) is 11.8 Å². The maximum absolute atomic E-state index is 10.8. The molecule has 0 fully saturated rings. The largest absolute Gasteiger partial charge is 0.505 e. The van der Waals surface area contributed by atoms with Gasteiger partial charge in [0.05, 0.1) is 15.0 Å². The maximum Gasteiger partial charge on any atom is 0.339 e. The molecule has 0 aromatic carbocycles. The Balaban J connectivity index is 3.55. The number of rotatable bonds is 2. The van der Waals surface area contributed by atoms with Gasteiger partial charge in [-0.3, -0.25) is 4.98 Å². The second-order valence-corrected chi connectivity index (χ2v) is 2.40. The average Bonchev–Trinajstić information content (AvgIpc) is 2.06. The van der Waals surface area contributed by atoms with Gasteiger partial charge >= 0.3 is 5.97 Å². The van der Waals surface area contributed by atoms with E-state index in [0.717, 1.165) is 6.20 Å². The SMILES string of the molecule is [2H]C([2H])(O)c1cnc(C)c(O)c1C(=O)O. The summed E-state index contributed by atoms with van der Waals surface area (Å²) in [6.07, 6.45) is 0.887. The van der Waals surface area contributed by atoms with Crippen molar-refractivity contribution in [1.82, 2.24) is 4.98 Å². The van der Waals surface area contributed by atoms with Crippen LogP contribution in [0.5, 0.6) is 5.75 Å². The van der Waals surface area contributed by atoms with Gasteiger partial charge in [-0.15, -0.1) is 0 Å². The first-order chi connectivity index (χ1) is 6.75. The van der Waals surface area contributed by atoms with Crippen molar-refractivity contribution in [2.75, 3.05) is 0 Å². The fourth-order valence-corrected chi connectivity index (χ4v) is 0.897. The Morgan fingerprint density at radius 1 is 1.77 bits per heavy atom. The second-order valence-electron chi connectivity index (χ2n) is 2.40.